The highest BCUT2D eigenvalue weighted by Crippen LogP contribution is 2.30. The van der Waals surface area contributed by atoms with Crippen molar-refractivity contribution in [1.82, 2.24) is 9.88 Å². The fourth-order valence-corrected chi connectivity index (χ4v) is 4.26. The van der Waals surface area contributed by atoms with E-state index in [-0.39, 0.29) is 29.4 Å². The second-order valence-corrected chi connectivity index (χ2v) is 7.14. The molecule has 0 bridgehead atoms. The van der Waals surface area contributed by atoms with Gasteiger partial charge >= 0.3 is 0 Å². The van der Waals surface area contributed by atoms with Gasteiger partial charge in [0.2, 0.25) is 0 Å². The zero-order chi connectivity index (χ0) is 18.1. The molecule has 3 rings (SSSR count). The number of ketones is 2. The molecule has 1 amide bonds. The first-order valence-corrected chi connectivity index (χ1v) is 9.03. The fourth-order valence-electron chi connectivity index (χ4n) is 4.26. The lowest BCUT2D eigenvalue weighted by molar-refractivity contribution is -0.129. The Bertz CT molecular complexity index is 707. The van der Waals surface area contributed by atoms with Crippen LogP contribution in [-0.4, -0.2) is 53.2 Å². The lowest BCUT2D eigenvalue weighted by Gasteiger charge is -2.40. The van der Waals surface area contributed by atoms with E-state index in [0.717, 1.165) is 19.3 Å². The van der Waals surface area contributed by atoms with Gasteiger partial charge in [-0.05, 0) is 39.2 Å². The van der Waals surface area contributed by atoms with Crippen molar-refractivity contribution in [3.63, 3.8) is 0 Å². The van der Waals surface area contributed by atoms with Gasteiger partial charge in [-0.2, -0.15) is 0 Å². The largest absolute Gasteiger partial charge is 0.377 e. The molecule has 1 saturated carbocycles. The Morgan fingerprint density at radius 2 is 2.00 bits per heavy atom. The number of nitrogens with one attached hydrogen (secondary N) is 1. The number of H-pyrrole nitrogens is 1. The fraction of sp³-hybridized carbons (Fsp3) is 0.632. The number of hydrogen-bond donors (Lipinski definition) is 1. The molecular formula is C19H26N2O4. The van der Waals surface area contributed by atoms with Gasteiger partial charge in [-0.3, -0.25) is 14.4 Å². The van der Waals surface area contributed by atoms with E-state index in [9.17, 15) is 14.4 Å². The van der Waals surface area contributed by atoms with Crippen LogP contribution in [0.5, 0.6) is 0 Å². The van der Waals surface area contributed by atoms with Gasteiger partial charge in [-0.25, -0.2) is 0 Å². The summed E-state index contributed by atoms with van der Waals surface area (Å²) in [6, 6.07) is -0.210. The van der Waals surface area contributed by atoms with Gasteiger partial charge in [0.25, 0.3) is 5.91 Å². The molecule has 1 N–H and O–H groups in total. The van der Waals surface area contributed by atoms with Crippen LogP contribution in [-0.2, 0) is 9.53 Å². The Kier molecular flexibility index (Phi) is 5.08. The zero-order valence-corrected chi connectivity index (χ0v) is 15.2. The lowest BCUT2D eigenvalue weighted by Crippen LogP contribution is -2.54. The molecule has 2 atom stereocenters. The average Bonchev–Trinajstić information content (AvgIpc) is 2.89. The molecule has 2 fully saturated rings. The number of hydrogen-bond acceptors (Lipinski definition) is 4. The molecule has 0 radical (unpaired) electrons. The van der Waals surface area contributed by atoms with E-state index in [1.54, 1.807) is 11.8 Å². The van der Waals surface area contributed by atoms with E-state index in [1.165, 1.54) is 6.92 Å². The first-order chi connectivity index (χ1) is 11.9. The van der Waals surface area contributed by atoms with Gasteiger partial charge in [0, 0.05) is 30.1 Å². The Morgan fingerprint density at radius 3 is 2.64 bits per heavy atom. The topological polar surface area (TPSA) is 79.5 Å². The third-order valence-electron chi connectivity index (χ3n) is 5.50. The maximum atomic E-state index is 13.2. The van der Waals surface area contributed by atoms with Crippen LogP contribution in [0.4, 0.5) is 0 Å². The Balaban J connectivity index is 1.90. The van der Waals surface area contributed by atoms with Crippen molar-refractivity contribution in [2.75, 3.05) is 19.8 Å². The van der Waals surface area contributed by atoms with Crippen LogP contribution in [0.1, 0.15) is 64.7 Å². The number of carbonyl (C=O) groups is 3. The van der Waals surface area contributed by atoms with E-state index in [4.69, 9.17) is 4.74 Å². The van der Waals surface area contributed by atoms with Crippen LogP contribution in [0.25, 0.3) is 0 Å². The molecular weight excluding hydrogens is 320 g/mol. The first-order valence-electron chi connectivity index (χ1n) is 9.03. The van der Waals surface area contributed by atoms with Crippen molar-refractivity contribution in [2.45, 2.75) is 52.5 Å². The minimum atomic E-state index is -0.210. The molecule has 1 saturated heterocycles. The normalized spacial score (nSPS) is 24.4. The first kappa shape index (κ1) is 17.9. The highest BCUT2D eigenvalue weighted by Gasteiger charge is 2.39. The Labute approximate surface area is 147 Å². The average molecular weight is 346 g/mol. The minimum Gasteiger partial charge on any atom is -0.377 e. The standard InChI is InChI=1S/C19H26N2O4/c1-11-17(13(3)22)12(2)20-18(11)19(24)21-8-9-25-10-15(21)14-6-4-5-7-16(14)23/h14-15,20H,4-10H2,1-3H3. The summed E-state index contributed by atoms with van der Waals surface area (Å²) in [6.07, 6.45) is 3.37. The van der Waals surface area contributed by atoms with Crippen LogP contribution < -0.4 is 0 Å². The highest BCUT2D eigenvalue weighted by atomic mass is 16.5. The number of aryl methyl sites for hydroxylation is 1. The smallest absolute Gasteiger partial charge is 0.271 e. The molecule has 6 nitrogen and oxygen atoms in total. The second-order valence-electron chi connectivity index (χ2n) is 7.14. The van der Waals surface area contributed by atoms with Crippen LogP contribution in [0.15, 0.2) is 0 Å². The molecule has 0 spiro atoms. The van der Waals surface area contributed by atoms with Gasteiger partial charge in [-0.15, -0.1) is 0 Å². The number of nitrogens with zero attached hydrogens (tertiary/aromatic N) is 1. The van der Waals surface area contributed by atoms with Gasteiger partial charge in [0.15, 0.2) is 5.78 Å². The molecule has 2 unspecified atom stereocenters. The predicted octanol–water partition coefficient (Wildman–Crippen LogP) is 2.43. The summed E-state index contributed by atoms with van der Waals surface area (Å²) in [6.45, 7) is 6.47. The quantitative estimate of drug-likeness (QED) is 0.853. The van der Waals surface area contributed by atoms with Crippen molar-refractivity contribution in [2.24, 2.45) is 5.92 Å². The van der Waals surface area contributed by atoms with Crippen molar-refractivity contribution in [1.29, 1.82) is 0 Å². The number of Topliss-reactive ketones (excluding diaryl/α,β-unsaturated/α-hetero) is 2. The number of rotatable bonds is 3. The number of morpholine rings is 1. The summed E-state index contributed by atoms with van der Waals surface area (Å²) in [4.78, 5) is 42.3. The summed E-state index contributed by atoms with van der Waals surface area (Å²) in [5, 5.41) is 0. The van der Waals surface area contributed by atoms with Gasteiger partial charge in [0.1, 0.15) is 11.5 Å². The highest BCUT2D eigenvalue weighted by molar-refractivity contribution is 6.02. The molecule has 2 heterocycles. The van der Waals surface area contributed by atoms with Crippen molar-refractivity contribution in [3.8, 4) is 0 Å². The van der Waals surface area contributed by atoms with E-state index in [0.29, 0.717) is 48.7 Å². The molecule has 136 valence electrons. The number of ether oxygens (including phenoxy) is 1. The van der Waals surface area contributed by atoms with Gasteiger partial charge < -0.3 is 14.6 Å². The van der Waals surface area contributed by atoms with Gasteiger partial charge in [0.05, 0.1) is 19.3 Å². The Morgan fingerprint density at radius 1 is 1.24 bits per heavy atom. The molecule has 0 aromatic carbocycles. The number of aromatic nitrogens is 1. The summed E-state index contributed by atoms with van der Waals surface area (Å²) >= 11 is 0. The maximum absolute atomic E-state index is 13.2. The molecule has 6 heteroatoms. The van der Waals surface area contributed by atoms with Gasteiger partial charge in [-0.1, -0.05) is 6.42 Å². The molecule has 2 aliphatic rings. The summed E-state index contributed by atoms with van der Waals surface area (Å²) in [5.74, 6) is -0.0870. The summed E-state index contributed by atoms with van der Waals surface area (Å²) in [7, 11) is 0. The number of carbonyl (C=O) groups excluding carboxylic acids is 3. The third kappa shape index (κ3) is 3.27. The predicted molar refractivity (Wildman–Crippen MR) is 92.9 cm³/mol. The monoisotopic (exact) mass is 346 g/mol. The zero-order valence-electron chi connectivity index (χ0n) is 15.2. The van der Waals surface area contributed by atoms with E-state index < -0.39 is 0 Å². The molecule has 1 aromatic heterocycles. The van der Waals surface area contributed by atoms with Crippen LogP contribution in [0.3, 0.4) is 0 Å². The summed E-state index contributed by atoms with van der Waals surface area (Å²) < 4.78 is 5.59. The molecule has 1 aliphatic heterocycles. The van der Waals surface area contributed by atoms with Crippen molar-refractivity contribution < 1.29 is 19.1 Å². The SMILES string of the molecule is CC(=O)c1c(C)[nH]c(C(=O)N2CCOCC2C2CCCCC2=O)c1C. The van der Waals surface area contributed by atoms with Crippen molar-refractivity contribution >= 4 is 17.5 Å². The van der Waals surface area contributed by atoms with E-state index in [1.807, 2.05) is 6.92 Å². The molecule has 25 heavy (non-hydrogen) atoms. The summed E-state index contributed by atoms with van der Waals surface area (Å²) in [5.41, 5.74) is 2.45. The van der Waals surface area contributed by atoms with E-state index >= 15 is 0 Å². The van der Waals surface area contributed by atoms with Crippen LogP contribution in [0.2, 0.25) is 0 Å². The van der Waals surface area contributed by atoms with Crippen LogP contribution >= 0.6 is 0 Å². The van der Waals surface area contributed by atoms with Crippen LogP contribution in [0, 0.1) is 19.8 Å². The van der Waals surface area contributed by atoms with Crippen molar-refractivity contribution in [3.05, 3.63) is 22.5 Å². The molecule has 1 aromatic rings. The third-order valence-corrected chi connectivity index (χ3v) is 5.50. The minimum absolute atomic E-state index is 0.0497. The molecule has 1 aliphatic carbocycles. The number of aromatic amines is 1. The maximum Gasteiger partial charge on any atom is 0.271 e. The second kappa shape index (κ2) is 7.12. The lowest BCUT2D eigenvalue weighted by atomic mass is 9.82. The van der Waals surface area contributed by atoms with E-state index in [2.05, 4.69) is 4.98 Å². The number of amides is 1. The Hall–Kier alpha value is -1.95.